The summed E-state index contributed by atoms with van der Waals surface area (Å²) in [5.74, 6) is -0.193. The number of carbonyl (C=O) groups is 1. The molecule has 5 heteroatoms. The Balaban J connectivity index is 1.67. The average molecular weight is 280 g/mol. The van der Waals surface area contributed by atoms with E-state index in [1.807, 2.05) is 48.5 Å². The lowest BCUT2D eigenvalue weighted by Crippen LogP contribution is -2.37. The van der Waals surface area contributed by atoms with E-state index < -0.39 is 6.04 Å². The summed E-state index contributed by atoms with van der Waals surface area (Å²) < 4.78 is 0. The van der Waals surface area contributed by atoms with Crippen molar-refractivity contribution in [2.75, 3.05) is 5.32 Å². The molecule has 5 nitrogen and oxygen atoms in total. The van der Waals surface area contributed by atoms with E-state index in [4.69, 9.17) is 5.73 Å². The first-order chi connectivity index (χ1) is 10.2. The summed E-state index contributed by atoms with van der Waals surface area (Å²) in [6.45, 7) is 0. The average Bonchev–Trinajstić information content (AvgIpc) is 2.95. The van der Waals surface area contributed by atoms with E-state index in [0.717, 1.165) is 22.2 Å². The fraction of sp³-hybridized carbons (Fsp3) is 0.125. The van der Waals surface area contributed by atoms with Crippen molar-refractivity contribution in [3.05, 3.63) is 60.3 Å². The Morgan fingerprint density at radius 1 is 1.24 bits per heavy atom. The van der Waals surface area contributed by atoms with E-state index in [2.05, 4.69) is 15.5 Å². The second-order valence-electron chi connectivity index (χ2n) is 4.96. The molecule has 0 saturated carbocycles. The number of nitrogens with one attached hydrogen (secondary N) is 2. The number of nitrogens with two attached hydrogens (primary N) is 1. The van der Waals surface area contributed by atoms with Crippen LogP contribution in [0.25, 0.3) is 10.9 Å². The topological polar surface area (TPSA) is 83.8 Å². The summed E-state index contributed by atoms with van der Waals surface area (Å²) >= 11 is 0. The Morgan fingerprint density at radius 2 is 2.05 bits per heavy atom. The zero-order chi connectivity index (χ0) is 14.7. The molecule has 0 spiro atoms. The van der Waals surface area contributed by atoms with Gasteiger partial charge in [0.15, 0.2) is 0 Å². The van der Waals surface area contributed by atoms with Crippen molar-refractivity contribution in [3.63, 3.8) is 0 Å². The third-order valence-electron chi connectivity index (χ3n) is 3.34. The largest absolute Gasteiger partial charge is 0.325 e. The number of H-pyrrole nitrogens is 1. The first kappa shape index (κ1) is 13.3. The molecular formula is C16H16N4O. The fourth-order valence-corrected chi connectivity index (χ4v) is 2.22. The van der Waals surface area contributed by atoms with Crippen molar-refractivity contribution in [2.24, 2.45) is 5.73 Å². The minimum Gasteiger partial charge on any atom is -0.325 e. The number of benzene rings is 2. The van der Waals surface area contributed by atoms with Gasteiger partial charge in [0.1, 0.15) is 0 Å². The van der Waals surface area contributed by atoms with E-state index in [1.165, 1.54) is 0 Å². The Kier molecular flexibility index (Phi) is 3.66. The number of aromatic nitrogens is 2. The van der Waals surface area contributed by atoms with Crippen LogP contribution in [-0.4, -0.2) is 22.1 Å². The molecule has 3 aromatic rings. The second-order valence-corrected chi connectivity index (χ2v) is 4.96. The Hall–Kier alpha value is -2.66. The smallest absolute Gasteiger partial charge is 0.241 e. The van der Waals surface area contributed by atoms with Gasteiger partial charge in [-0.15, -0.1) is 0 Å². The van der Waals surface area contributed by atoms with Crippen LogP contribution in [0.5, 0.6) is 0 Å². The van der Waals surface area contributed by atoms with Crippen LogP contribution < -0.4 is 11.1 Å². The Morgan fingerprint density at radius 3 is 2.86 bits per heavy atom. The maximum atomic E-state index is 12.1. The molecule has 106 valence electrons. The molecule has 3 rings (SSSR count). The molecule has 0 saturated heterocycles. The normalized spacial score (nSPS) is 12.2. The van der Waals surface area contributed by atoms with Crippen molar-refractivity contribution in [2.45, 2.75) is 12.5 Å². The highest BCUT2D eigenvalue weighted by Gasteiger charge is 2.14. The van der Waals surface area contributed by atoms with Crippen molar-refractivity contribution in [1.29, 1.82) is 0 Å². The van der Waals surface area contributed by atoms with Gasteiger partial charge in [0.05, 0.1) is 17.8 Å². The summed E-state index contributed by atoms with van der Waals surface area (Å²) in [4.78, 5) is 12.1. The van der Waals surface area contributed by atoms with Gasteiger partial charge in [-0.05, 0) is 30.2 Å². The highest BCUT2D eigenvalue weighted by molar-refractivity contribution is 5.96. The highest BCUT2D eigenvalue weighted by atomic mass is 16.2. The summed E-state index contributed by atoms with van der Waals surface area (Å²) in [6, 6.07) is 14.7. The standard InChI is InChI=1S/C16H16N4O/c17-14(8-11-4-2-1-3-5-11)16(21)19-13-6-7-15-12(9-13)10-18-20-15/h1-7,9-10,14H,8,17H2,(H,18,20)(H,19,21). The summed E-state index contributed by atoms with van der Waals surface area (Å²) in [7, 11) is 0. The summed E-state index contributed by atoms with van der Waals surface area (Å²) in [5, 5.41) is 10.6. The molecule has 0 fully saturated rings. The minimum absolute atomic E-state index is 0.193. The molecule has 0 aliphatic carbocycles. The molecule has 2 aromatic carbocycles. The number of rotatable bonds is 4. The van der Waals surface area contributed by atoms with E-state index in [0.29, 0.717) is 6.42 Å². The molecule has 1 atom stereocenters. The monoisotopic (exact) mass is 280 g/mol. The number of amides is 1. The third-order valence-corrected chi connectivity index (χ3v) is 3.34. The molecule has 0 aliphatic heterocycles. The molecule has 0 bridgehead atoms. The van der Waals surface area contributed by atoms with E-state index in [9.17, 15) is 4.79 Å². The number of hydrogen-bond acceptors (Lipinski definition) is 3. The van der Waals surface area contributed by atoms with Gasteiger partial charge in [0.2, 0.25) is 5.91 Å². The van der Waals surface area contributed by atoms with Crippen LogP contribution in [0.15, 0.2) is 54.7 Å². The van der Waals surface area contributed by atoms with Gasteiger partial charge in [-0.2, -0.15) is 5.10 Å². The van der Waals surface area contributed by atoms with E-state index in [1.54, 1.807) is 6.20 Å². The van der Waals surface area contributed by atoms with E-state index in [-0.39, 0.29) is 5.91 Å². The molecule has 4 N–H and O–H groups in total. The second kappa shape index (κ2) is 5.76. The number of aromatic amines is 1. The molecule has 1 amide bonds. The molecule has 1 heterocycles. The van der Waals surface area contributed by atoms with E-state index >= 15 is 0 Å². The lowest BCUT2D eigenvalue weighted by molar-refractivity contribution is -0.117. The molecule has 1 unspecified atom stereocenters. The molecule has 21 heavy (non-hydrogen) atoms. The third kappa shape index (κ3) is 3.09. The van der Waals surface area contributed by atoms with Gasteiger partial charge in [0, 0.05) is 11.1 Å². The first-order valence-electron chi connectivity index (χ1n) is 6.76. The van der Waals surface area contributed by atoms with Crippen molar-refractivity contribution >= 4 is 22.5 Å². The molecule has 1 aromatic heterocycles. The number of carbonyl (C=O) groups excluding carboxylic acids is 1. The van der Waals surface area contributed by atoms with Gasteiger partial charge in [0.25, 0.3) is 0 Å². The van der Waals surface area contributed by atoms with Crippen molar-refractivity contribution in [1.82, 2.24) is 10.2 Å². The molecule has 0 radical (unpaired) electrons. The van der Waals surface area contributed by atoms with Crippen LogP contribution in [0, 0.1) is 0 Å². The van der Waals surface area contributed by atoms with Crippen molar-refractivity contribution < 1.29 is 4.79 Å². The van der Waals surface area contributed by atoms with Gasteiger partial charge in [-0.3, -0.25) is 9.89 Å². The first-order valence-corrected chi connectivity index (χ1v) is 6.76. The van der Waals surface area contributed by atoms with Crippen LogP contribution in [0.4, 0.5) is 5.69 Å². The van der Waals surface area contributed by atoms with Crippen LogP contribution in [0.1, 0.15) is 5.56 Å². The lowest BCUT2D eigenvalue weighted by Gasteiger charge is -2.12. The zero-order valence-electron chi connectivity index (χ0n) is 11.4. The number of nitrogens with zero attached hydrogens (tertiary/aromatic N) is 1. The number of anilines is 1. The van der Waals surface area contributed by atoms with Gasteiger partial charge < -0.3 is 11.1 Å². The predicted octanol–water partition coefficient (Wildman–Crippen LogP) is 2.07. The maximum absolute atomic E-state index is 12.1. The summed E-state index contributed by atoms with van der Waals surface area (Å²) in [6.07, 6.45) is 2.23. The zero-order valence-corrected chi connectivity index (χ0v) is 11.4. The van der Waals surface area contributed by atoms with Crippen LogP contribution in [0.3, 0.4) is 0 Å². The number of hydrogen-bond donors (Lipinski definition) is 3. The quantitative estimate of drug-likeness (QED) is 0.684. The lowest BCUT2D eigenvalue weighted by atomic mass is 10.1. The highest BCUT2D eigenvalue weighted by Crippen LogP contribution is 2.17. The predicted molar refractivity (Wildman–Crippen MR) is 82.8 cm³/mol. The van der Waals surface area contributed by atoms with Crippen LogP contribution in [-0.2, 0) is 11.2 Å². The van der Waals surface area contributed by atoms with Crippen LogP contribution >= 0.6 is 0 Å². The Bertz CT molecular complexity index is 751. The van der Waals surface area contributed by atoms with Gasteiger partial charge in [-0.25, -0.2) is 0 Å². The molecular weight excluding hydrogens is 264 g/mol. The maximum Gasteiger partial charge on any atom is 0.241 e. The van der Waals surface area contributed by atoms with Crippen LogP contribution in [0.2, 0.25) is 0 Å². The minimum atomic E-state index is -0.576. The summed E-state index contributed by atoms with van der Waals surface area (Å²) in [5.41, 5.74) is 8.66. The SMILES string of the molecule is NC(Cc1ccccc1)C(=O)Nc1ccc2[nH]ncc2c1. The number of fused-ring (bicyclic) bond motifs is 1. The van der Waals surface area contributed by atoms with Gasteiger partial charge >= 0.3 is 0 Å². The van der Waals surface area contributed by atoms with Crippen molar-refractivity contribution in [3.8, 4) is 0 Å². The fourth-order valence-electron chi connectivity index (χ4n) is 2.22. The van der Waals surface area contributed by atoms with Gasteiger partial charge in [-0.1, -0.05) is 30.3 Å². The Labute approximate surface area is 122 Å². The molecule has 0 aliphatic rings.